The topological polar surface area (TPSA) is 86.6 Å². The van der Waals surface area contributed by atoms with Crippen LogP contribution in [0.5, 0.6) is 0 Å². The first-order chi connectivity index (χ1) is 9.41. The minimum absolute atomic E-state index is 0.376. The molecule has 0 aromatic heterocycles. The molecule has 3 unspecified atom stereocenters. The maximum absolute atomic E-state index is 11.1. The summed E-state index contributed by atoms with van der Waals surface area (Å²) in [4.78, 5) is 22.0. The Kier molecular flexibility index (Phi) is 6.18. The third-order valence-corrected chi connectivity index (χ3v) is 3.41. The molecule has 1 aromatic carbocycles. The second-order valence-corrected chi connectivity index (χ2v) is 4.98. The van der Waals surface area contributed by atoms with Crippen LogP contribution in [0.4, 0.5) is 0 Å². The number of carboxylic acid groups (broad SMARTS) is 2. The zero-order valence-corrected chi connectivity index (χ0v) is 11.7. The summed E-state index contributed by atoms with van der Waals surface area (Å²) in [7, 11) is 0. The molecule has 0 bridgehead atoms. The lowest BCUT2D eigenvalue weighted by Gasteiger charge is -2.24. The quantitative estimate of drug-likeness (QED) is 0.675. The molecule has 0 radical (unpaired) electrons. The number of nitrogens with one attached hydrogen (secondary N) is 1. The van der Waals surface area contributed by atoms with E-state index in [0.717, 1.165) is 5.56 Å². The number of carboxylic acids is 2. The molecule has 3 atom stereocenters. The van der Waals surface area contributed by atoms with Crippen molar-refractivity contribution < 1.29 is 19.8 Å². The Hall–Kier alpha value is -1.88. The highest BCUT2D eigenvalue weighted by atomic mass is 16.4. The van der Waals surface area contributed by atoms with Gasteiger partial charge >= 0.3 is 11.9 Å². The van der Waals surface area contributed by atoms with Gasteiger partial charge in [-0.2, -0.15) is 0 Å². The molecule has 5 heteroatoms. The highest BCUT2D eigenvalue weighted by molar-refractivity contribution is 5.73. The number of rotatable bonds is 8. The van der Waals surface area contributed by atoms with E-state index in [4.69, 9.17) is 10.2 Å². The van der Waals surface area contributed by atoms with Gasteiger partial charge in [0.05, 0.1) is 5.92 Å². The molecule has 0 aliphatic heterocycles. The summed E-state index contributed by atoms with van der Waals surface area (Å²) < 4.78 is 0. The van der Waals surface area contributed by atoms with Gasteiger partial charge in [0.15, 0.2) is 0 Å². The van der Waals surface area contributed by atoms with E-state index in [9.17, 15) is 9.59 Å². The molecular weight excluding hydrogens is 258 g/mol. The largest absolute Gasteiger partial charge is 0.481 e. The first kappa shape index (κ1) is 16.2. The van der Waals surface area contributed by atoms with Crippen molar-refractivity contribution in [2.45, 2.75) is 38.8 Å². The number of aryl methyl sites for hydroxylation is 1. The molecule has 110 valence electrons. The monoisotopic (exact) mass is 279 g/mol. The lowest BCUT2D eigenvalue weighted by atomic mass is 9.94. The number of hydrogen-bond acceptors (Lipinski definition) is 3. The van der Waals surface area contributed by atoms with Crippen molar-refractivity contribution in [3.8, 4) is 0 Å². The fraction of sp³-hybridized carbons (Fsp3) is 0.467. The van der Waals surface area contributed by atoms with Crippen LogP contribution in [-0.2, 0) is 16.0 Å². The minimum Gasteiger partial charge on any atom is -0.481 e. The second-order valence-electron chi connectivity index (χ2n) is 4.98. The predicted molar refractivity (Wildman–Crippen MR) is 75.6 cm³/mol. The van der Waals surface area contributed by atoms with E-state index >= 15 is 0 Å². The van der Waals surface area contributed by atoms with Gasteiger partial charge in [-0.15, -0.1) is 0 Å². The molecule has 5 nitrogen and oxygen atoms in total. The molecule has 3 N–H and O–H groups in total. The van der Waals surface area contributed by atoms with Gasteiger partial charge in [0, 0.05) is 6.04 Å². The van der Waals surface area contributed by atoms with Crippen LogP contribution in [-0.4, -0.2) is 34.2 Å². The van der Waals surface area contributed by atoms with Crippen LogP contribution in [0.15, 0.2) is 30.3 Å². The Labute approximate surface area is 118 Å². The van der Waals surface area contributed by atoms with Crippen molar-refractivity contribution in [2.75, 3.05) is 0 Å². The standard InChI is InChI=1S/C15H21NO4/c1-10(14(17)18)13(16-11(2)15(19)20)9-8-12-6-4-3-5-7-12/h3-7,10-11,13,16H,8-9H2,1-2H3,(H,17,18)(H,19,20). The highest BCUT2D eigenvalue weighted by Gasteiger charge is 2.26. The molecule has 0 saturated heterocycles. The summed E-state index contributed by atoms with van der Waals surface area (Å²) in [6.07, 6.45) is 1.29. The molecule has 0 spiro atoms. The Morgan fingerprint density at radius 2 is 1.70 bits per heavy atom. The summed E-state index contributed by atoms with van der Waals surface area (Å²) in [5, 5.41) is 20.9. The van der Waals surface area contributed by atoms with Gasteiger partial charge < -0.3 is 15.5 Å². The summed E-state index contributed by atoms with van der Waals surface area (Å²) in [6, 6.07) is 8.59. The van der Waals surface area contributed by atoms with Crippen LogP contribution < -0.4 is 5.32 Å². The second kappa shape index (κ2) is 7.65. The normalized spacial score (nSPS) is 15.3. The zero-order valence-electron chi connectivity index (χ0n) is 11.7. The van der Waals surface area contributed by atoms with Gasteiger partial charge in [-0.3, -0.25) is 9.59 Å². The fourth-order valence-corrected chi connectivity index (χ4v) is 2.01. The van der Waals surface area contributed by atoms with Gasteiger partial charge in [-0.05, 0) is 25.3 Å². The summed E-state index contributed by atoms with van der Waals surface area (Å²) >= 11 is 0. The number of aliphatic carboxylic acids is 2. The minimum atomic E-state index is -0.979. The van der Waals surface area contributed by atoms with Crippen molar-refractivity contribution in [1.82, 2.24) is 5.32 Å². The third-order valence-electron chi connectivity index (χ3n) is 3.41. The molecule has 1 aromatic rings. The molecule has 20 heavy (non-hydrogen) atoms. The fourth-order valence-electron chi connectivity index (χ4n) is 2.01. The van der Waals surface area contributed by atoms with Crippen molar-refractivity contribution in [3.05, 3.63) is 35.9 Å². The molecule has 0 fully saturated rings. The summed E-state index contributed by atoms with van der Waals surface area (Å²) in [5.41, 5.74) is 1.11. The zero-order chi connectivity index (χ0) is 15.1. The Bertz CT molecular complexity index is 446. The molecule has 0 heterocycles. The van der Waals surface area contributed by atoms with Crippen LogP contribution in [0.2, 0.25) is 0 Å². The van der Waals surface area contributed by atoms with E-state index in [-0.39, 0.29) is 6.04 Å². The van der Waals surface area contributed by atoms with Crippen molar-refractivity contribution in [3.63, 3.8) is 0 Å². The van der Waals surface area contributed by atoms with Crippen LogP contribution in [0.25, 0.3) is 0 Å². The van der Waals surface area contributed by atoms with Crippen LogP contribution in [0, 0.1) is 5.92 Å². The smallest absolute Gasteiger partial charge is 0.320 e. The van der Waals surface area contributed by atoms with E-state index in [2.05, 4.69) is 5.32 Å². The van der Waals surface area contributed by atoms with Crippen LogP contribution in [0.1, 0.15) is 25.8 Å². The number of hydrogen-bond donors (Lipinski definition) is 3. The van der Waals surface area contributed by atoms with Gasteiger partial charge in [0.1, 0.15) is 6.04 Å². The van der Waals surface area contributed by atoms with Gasteiger partial charge in [-0.25, -0.2) is 0 Å². The van der Waals surface area contributed by atoms with Crippen molar-refractivity contribution in [1.29, 1.82) is 0 Å². The molecule has 0 saturated carbocycles. The van der Waals surface area contributed by atoms with E-state index in [1.807, 2.05) is 30.3 Å². The average molecular weight is 279 g/mol. The van der Waals surface area contributed by atoms with Crippen molar-refractivity contribution in [2.24, 2.45) is 5.92 Å². The lowest BCUT2D eigenvalue weighted by Crippen LogP contribution is -2.46. The Morgan fingerprint density at radius 1 is 1.10 bits per heavy atom. The first-order valence-electron chi connectivity index (χ1n) is 6.67. The predicted octanol–water partition coefficient (Wildman–Crippen LogP) is 1.77. The van der Waals surface area contributed by atoms with E-state index < -0.39 is 23.9 Å². The van der Waals surface area contributed by atoms with E-state index in [1.54, 1.807) is 6.92 Å². The Balaban J connectivity index is 2.67. The first-order valence-corrected chi connectivity index (χ1v) is 6.67. The number of benzene rings is 1. The number of carbonyl (C=O) groups is 2. The highest BCUT2D eigenvalue weighted by Crippen LogP contribution is 2.13. The molecule has 0 amide bonds. The summed E-state index contributed by atoms with van der Waals surface area (Å²) in [5.74, 6) is -2.54. The van der Waals surface area contributed by atoms with Gasteiger partial charge in [-0.1, -0.05) is 37.3 Å². The Morgan fingerprint density at radius 3 is 2.20 bits per heavy atom. The lowest BCUT2D eigenvalue weighted by molar-refractivity contribution is -0.144. The molecular formula is C15H21NO4. The van der Waals surface area contributed by atoms with E-state index in [1.165, 1.54) is 6.92 Å². The van der Waals surface area contributed by atoms with E-state index in [0.29, 0.717) is 12.8 Å². The van der Waals surface area contributed by atoms with Gasteiger partial charge in [0.25, 0.3) is 0 Å². The van der Waals surface area contributed by atoms with Crippen LogP contribution in [0.3, 0.4) is 0 Å². The third kappa shape index (κ3) is 5.01. The maximum Gasteiger partial charge on any atom is 0.320 e. The van der Waals surface area contributed by atoms with Crippen molar-refractivity contribution >= 4 is 11.9 Å². The molecule has 0 aliphatic rings. The van der Waals surface area contributed by atoms with Crippen LogP contribution >= 0.6 is 0 Å². The SMILES string of the molecule is CC(NC(CCc1ccccc1)C(C)C(=O)O)C(=O)O. The average Bonchev–Trinajstić information content (AvgIpc) is 2.43. The molecule has 0 aliphatic carbocycles. The maximum atomic E-state index is 11.1. The van der Waals surface area contributed by atoms with Gasteiger partial charge in [0.2, 0.25) is 0 Å². The molecule has 1 rings (SSSR count). The summed E-state index contributed by atoms with van der Waals surface area (Å²) in [6.45, 7) is 3.12.